The van der Waals surface area contributed by atoms with E-state index in [4.69, 9.17) is 0 Å². The normalized spacial score (nSPS) is 14.2. The number of rotatable bonds is 1. The van der Waals surface area contributed by atoms with Gasteiger partial charge in [-0.1, -0.05) is 51.1 Å². The molecule has 2 aromatic rings. The van der Waals surface area contributed by atoms with Crippen LogP contribution in [0.2, 0.25) is 0 Å². The van der Waals surface area contributed by atoms with Gasteiger partial charge in [-0.15, -0.1) is 0 Å². The molecule has 0 bridgehead atoms. The van der Waals surface area contributed by atoms with Gasteiger partial charge in [-0.25, -0.2) is 0 Å². The molecular formula is C18H22N2. The van der Waals surface area contributed by atoms with E-state index in [0.717, 1.165) is 13.1 Å². The molecule has 0 atom stereocenters. The minimum absolute atomic E-state index is 0.208. The first-order valence-electron chi connectivity index (χ1n) is 7.27. The number of anilines is 2. The highest BCUT2D eigenvalue weighted by molar-refractivity contribution is 5.78. The van der Waals surface area contributed by atoms with Crippen LogP contribution in [0, 0.1) is 0 Å². The summed E-state index contributed by atoms with van der Waals surface area (Å²) in [5, 5.41) is 6.85. The van der Waals surface area contributed by atoms with Crippen LogP contribution in [0.3, 0.4) is 0 Å². The highest BCUT2D eigenvalue weighted by Crippen LogP contribution is 2.31. The molecule has 0 amide bonds. The fourth-order valence-corrected chi connectivity index (χ4v) is 2.58. The molecular weight excluding hydrogens is 244 g/mol. The molecule has 0 saturated carbocycles. The first-order valence-corrected chi connectivity index (χ1v) is 7.27. The highest BCUT2D eigenvalue weighted by Gasteiger charge is 2.13. The van der Waals surface area contributed by atoms with E-state index in [-0.39, 0.29) is 5.41 Å². The third-order valence-electron chi connectivity index (χ3n) is 3.86. The Labute approximate surface area is 121 Å². The summed E-state index contributed by atoms with van der Waals surface area (Å²) in [6.45, 7) is 8.72. The highest BCUT2D eigenvalue weighted by atomic mass is 15.0. The van der Waals surface area contributed by atoms with Crippen LogP contribution in [0.5, 0.6) is 0 Å². The second kappa shape index (κ2) is 4.86. The van der Waals surface area contributed by atoms with E-state index < -0.39 is 0 Å². The van der Waals surface area contributed by atoms with E-state index in [9.17, 15) is 0 Å². The Hall–Kier alpha value is -1.96. The molecule has 1 heterocycles. The van der Waals surface area contributed by atoms with E-state index >= 15 is 0 Å². The maximum Gasteiger partial charge on any atom is 0.0582 e. The summed E-state index contributed by atoms with van der Waals surface area (Å²) in [6.07, 6.45) is 0. The van der Waals surface area contributed by atoms with E-state index in [2.05, 4.69) is 73.9 Å². The molecule has 0 aliphatic carbocycles. The third kappa shape index (κ3) is 2.51. The summed E-state index contributed by atoms with van der Waals surface area (Å²) in [6, 6.07) is 15.5. The Balaban J connectivity index is 1.93. The molecule has 0 saturated heterocycles. The van der Waals surface area contributed by atoms with Crippen LogP contribution in [-0.4, -0.2) is 13.1 Å². The molecule has 2 heteroatoms. The Morgan fingerprint density at radius 2 is 1.35 bits per heavy atom. The summed E-state index contributed by atoms with van der Waals surface area (Å²) in [7, 11) is 0. The van der Waals surface area contributed by atoms with Crippen molar-refractivity contribution in [2.24, 2.45) is 0 Å². The van der Waals surface area contributed by atoms with Crippen LogP contribution < -0.4 is 10.6 Å². The average Bonchev–Trinajstić information content (AvgIpc) is 2.46. The minimum Gasteiger partial charge on any atom is -0.382 e. The van der Waals surface area contributed by atoms with Crippen molar-refractivity contribution in [2.75, 3.05) is 23.7 Å². The number of fused-ring (bicyclic) bond motifs is 1. The lowest BCUT2D eigenvalue weighted by Crippen LogP contribution is -2.20. The van der Waals surface area contributed by atoms with Gasteiger partial charge >= 0.3 is 0 Å². The van der Waals surface area contributed by atoms with Crippen molar-refractivity contribution in [2.45, 2.75) is 26.2 Å². The number of hydrogen-bond donors (Lipinski definition) is 2. The summed E-state index contributed by atoms with van der Waals surface area (Å²) in [5.41, 5.74) is 6.52. The van der Waals surface area contributed by atoms with Crippen LogP contribution in [-0.2, 0) is 5.41 Å². The lowest BCUT2D eigenvalue weighted by Gasteiger charge is -2.21. The average molecular weight is 266 g/mol. The predicted molar refractivity (Wildman–Crippen MR) is 87.6 cm³/mol. The Morgan fingerprint density at radius 3 is 2.00 bits per heavy atom. The molecule has 104 valence electrons. The summed E-state index contributed by atoms with van der Waals surface area (Å²) < 4.78 is 0. The van der Waals surface area contributed by atoms with Gasteiger partial charge in [0, 0.05) is 13.1 Å². The molecule has 1 aliphatic heterocycles. The minimum atomic E-state index is 0.208. The first-order chi connectivity index (χ1) is 9.54. The molecule has 0 unspecified atom stereocenters. The monoisotopic (exact) mass is 266 g/mol. The van der Waals surface area contributed by atoms with Crippen molar-refractivity contribution in [3.63, 3.8) is 0 Å². The van der Waals surface area contributed by atoms with E-state index in [1.807, 2.05) is 0 Å². The van der Waals surface area contributed by atoms with Gasteiger partial charge in [0.25, 0.3) is 0 Å². The molecule has 0 radical (unpaired) electrons. The van der Waals surface area contributed by atoms with Crippen LogP contribution >= 0.6 is 0 Å². The van der Waals surface area contributed by atoms with Crippen molar-refractivity contribution in [1.82, 2.24) is 0 Å². The van der Waals surface area contributed by atoms with Crippen LogP contribution in [0.4, 0.5) is 11.4 Å². The fraction of sp³-hybridized carbons (Fsp3) is 0.333. The van der Waals surface area contributed by atoms with Gasteiger partial charge < -0.3 is 10.6 Å². The largest absolute Gasteiger partial charge is 0.382 e. The predicted octanol–water partition coefficient (Wildman–Crippen LogP) is 4.49. The fourth-order valence-electron chi connectivity index (χ4n) is 2.58. The topological polar surface area (TPSA) is 24.1 Å². The number of benzene rings is 2. The van der Waals surface area contributed by atoms with Crippen molar-refractivity contribution in [1.29, 1.82) is 0 Å². The Morgan fingerprint density at radius 1 is 0.750 bits per heavy atom. The molecule has 3 rings (SSSR count). The van der Waals surface area contributed by atoms with Crippen LogP contribution in [0.25, 0.3) is 11.1 Å². The molecule has 0 fully saturated rings. The zero-order chi connectivity index (χ0) is 14.2. The molecule has 1 aliphatic rings. The standard InChI is InChI=1S/C18H22N2/c1-18(2,3)15-7-4-13(5-8-15)14-6-9-16-17(12-14)20-11-10-19-16/h4-9,12,19-20H,10-11H2,1-3H3. The third-order valence-corrected chi connectivity index (χ3v) is 3.86. The SMILES string of the molecule is CC(C)(C)c1ccc(-c2ccc3c(c2)NCCN3)cc1. The lowest BCUT2D eigenvalue weighted by atomic mass is 9.86. The number of hydrogen-bond acceptors (Lipinski definition) is 2. The summed E-state index contributed by atoms with van der Waals surface area (Å²) >= 11 is 0. The Kier molecular flexibility index (Phi) is 3.17. The molecule has 2 aromatic carbocycles. The van der Waals surface area contributed by atoms with Crippen LogP contribution in [0.1, 0.15) is 26.3 Å². The summed E-state index contributed by atoms with van der Waals surface area (Å²) in [5.74, 6) is 0. The molecule has 20 heavy (non-hydrogen) atoms. The first kappa shape index (κ1) is 13.0. The van der Waals surface area contributed by atoms with E-state index in [1.165, 1.54) is 28.1 Å². The van der Waals surface area contributed by atoms with Crippen LogP contribution in [0.15, 0.2) is 42.5 Å². The van der Waals surface area contributed by atoms with Gasteiger partial charge in [-0.05, 0) is 34.2 Å². The van der Waals surface area contributed by atoms with Gasteiger partial charge in [0.1, 0.15) is 0 Å². The maximum absolute atomic E-state index is 3.45. The molecule has 0 aromatic heterocycles. The van der Waals surface area contributed by atoms with Gasteiger partial charge in [0.15, 0.2) is 0 Å². The Bertz CT molecular complexity index is 606. The van der Waals surface area contributed by atoms with Gasteiger partial charge in [0.05, 0.1) is 11.4 Å². The van der Waals surface area contributed by atoms with Gasteiger partial charge in [-0.3, -0.25) is 0 Å². The zero-order valence-corrected chi connectivity index (χ0v) is 12.5. The second-order valence-electron chi connectivity index (χ2n) is 6.44. The number of nitrogens with one attached hydrogen (secondary N) is 2. The van der Waals surface area contributed by atoms with Crippen molar-refractivity contribution in [3.05, 3.63) is 48.0 Å². The molecule has 0 spiro atoms. The lowest BCUT2D eigenvalue weighted by molar-refractivity contribution is 0.590. The summed E-state index contributed by atoms with van der Waals surface area (Å²) in [4.78, 5) is 0. The second-order valence-corrected chi connectivity index (χ2v) is 6.44. The zero-order valence-electron chi connectivity index (χ0n) is 12.5. The van der Waals surface area contributed by atoms with Gasteiger partial charge in [0.2, 0.25) is 0 Å². The van der Waals surface area contributed by atoms with Crippen molar-refractivity contribution < 1.29 is 0 Å². The smallest absolute Gasteiger partial charge is 0.0582 e. The van der Waals surface area contributed by atoms with Crippen molar-refractivity contribution in [3.8, 4) is 11.1 Å². The van der Waals surface area contributed by atoms with E-state index in [0.29, 0.717) is 0 Å². The van der Waals surface area contributed by atoms with Gasteiger partial charge in [-0.2, -0.15) is 0 Å². The molecule has 2 nitrogen and oxygen atoms in total. The quantitative estimate of drug-likeness (QED) is 0.794. The maximum atomic E-state index is 3.45. The van der Waals surface area contributed by atoms with Crippen molar-refractivity contribution >= 4 is 11.4 Å². The van der Waals surface area contributed by atoms with E-state index in [1.54, 1.807) is 0 Å². The molecule has 2 N–H and O–H groups in total.